The first-order valence-corrected chi connectivity index (χ1v) is 13.9. The van der Waals surface area contributed by atoms with Crippen molar-refractivity contribution in [1.29, 1.82) is 0 Å². The molecular formula is C27H33N7O2S. The van der Waals surface area contributed by atoms with Crippen LogP contribution in [0.3, 0.4) is 0 Å². The third kappa shape index (κ3) is 4.53. The number of nitrogens with one attached hydrogen (secondary N) is 2. The van der Waals surface area contributed by atoms with Gasteiger partial charge in [-0.15, -0.1) is 11.3 Å². The number of amides is 1. The average Bonchev–Trinajstić information content (AvgIpc) is 3.52. The molecule has 9 nitrogen and oxygen atoms in total. The molecule has 0 unspecified atom stereocenters. The second-order valence-corrected chi connectivity index (χ2v) is 11.3. The fourth-order valence-corrected chi connectivity index (χ4v) is 7.02. The van der Waals surface area contributed by atoms with Crippen LogP contribution in [0.15, 0.2) is 24.7 Å². The molecule has 37 heavy (non-hydrogen) atoms. The summed E-state index contributed by atoms with van der Waals surface area (Å²) < 4.78 is 5.91. The van der Waals surface area contributed by atoms with E-state index in [9.17, 15) is 4.79 Å². The first kappa shape index (κ1) is 24.1. The molecule has 3 aromatic heterocycles. The molecule has 1 saturated heterocycles. The van der Waals surface area contributed by atoms with E-state index in [2.05, 4.69) is 49.4 Å². The van der Waals surface area contributed by atoms with Gasteiger partial charge in [0.1, 0.15) is 22.7 Å². The monoisotopic (exact) mass is 519 g/mol. The number of carbonyl (C=O) groups excluding carboxylic acids is 1. The molecule has 6 rings (SSSR count). The highest BCUT2D eigenvalue weighted by molar-refractivity contribution is 7.19. The first-order chi connectivity index (χ1) is 18.0. The van der Waals surface area contributed by atoms with Crippen LogP contribution in [0.25, 0.3) is 21.1 Å². The van der Waals surface area contributed by atoms with E-state index in [1.165, 1.54) is 10.4 Å². The van der Waals surface area contributed by atoms with Crippen molar-refractivity contribution >= 4 is 49.9 Å². The molecule has 4 aromatic rings. The number of benzene rings is 1. The molecule has 10 heteroatoms. The predicted octanol–water partition coefficient (Wildman–Crippen LogP) is 4.37. The fraction of sp³-hybridized carbons (Fsp3) is 0.481. The van der Waals surface area contributed by atoms with Gasteiger partial charge >= 0.3 is 0 Å². The number of fused-ring (bicyclic) bond motifs is 4. The number of hydrogen-bond donors (Lipinski definition) is 2. The number of anilines is 2. The minimum atomic E-state index is 0.0499. The molecule has 1 atom stereocenters. The highest BCUT2D eigenvalue weighted by Crippen LogP contribution is 2.42. The summed E-state index contributed by atoms with van der Waals surface area (Å²) in [6.45, 7) is 4.26. The van der Waals surface area contributed by atoms with Crippen LogP contribution in [0.5, 0.6) is 5.75 Å². The summed E-state index contributed by atoms with van der Waals surface area (Å²) in [6, 6.07) is 4.57. The van der Waals surface area contributed by atoms with Crippen LogP contribution in [0.1, 0.15) is 36.6 Å². The van der Waals surface area contributed by atoms with Crippen LogP contribution >= 0.6 is 11.3 Å². The Hall–Kier alpha value is -3.24. The number of piperidine rings is 1. The van der Waals surface area contributed by atoms with Gasteiger partial charge in [0, 0.05) is 41.4 Å². The number of H-pyrrole nitrogens is 1. The Balaban J connectivity index is 1.25. The smallest absolute Gasteiger partial charge is 0.226 e. The van der Waals surface area contributed by atoms with Gasteiger partial charge in [-0.25, -0.2) is 9.97 Å². The number of rotatable bonds is 6. The Morgan fingerprint density at radius 3 is 2.86 bits per heavy atom. The second-order valence-electron chi connectivity index (χ2n) is 10.2. The fourth-order valence-electron chi connectivity index (χ4n) is 5.75. The van der Waals surface area contributed by atoms with Crippen molar-refractivity contribution in [2.45, 2.75) is 45.1 Å². The largest absolute Gasteiger partial charge is 0.492 e. The number of nitrogens with zero attached hydrogens (tertiary/aromatic N) is 5. The van der Waals surface area contributed by atoms with Gasteiger partial charge in [0.2, 0.25) is 5.91 Å². The molecule has 1 aliphatic heterocycles. The highest BCUT2D eigenvalue weighted by Gasteiger charge is 2.33. The molecule has 1 aromatic carbocycles. The number of thiophene rings is 1. The van der Waals surface area contributed by atoms with Crippen LogP contribution in [0.4, 0.5) is 11.5 Å². The maximum atomic E-state index is 13.4. The third-order valence-corrected chi connectivity index (χ3v) is 8.96. The second kappa shape index (κ2) is 9.90. The van der Waals surface area contributed by atoms with Gasteiger partial charge in [0.25, 0.3) is 0 Å². The molecule has 0 radical (unpaired) electrons. The molecule has 194 valence electrons. The molecule has 0 spiro atoms. The van der Waals surface area contributed by atoms with E-state index in [0.29, 0.717) is 18.6 Å². The SMILES string of the molecule is CCOc1cc2[nH]ncc2cc1Nc1ncnc2sc3c(c12)CC[C@H](C(=O)N1CCC(N(C)C)CC1)C3. The summed E-state index contributed by atoms with van der Waals surface area (Å²) >= 11 is 1.70. The highest BCUT2D eigenvalue weighted by atomic mass is 32.1. The van der Waals surface area contributed by atoms with Crippen LogP contribution in [0, 0.1) is 5.92 Å². The summed E-state index contributed by atoms with van der Waals surface area (Å²) in [7, 11) is 4.26. The Morgan fingerprint density at radius 2 is 2.08 bits per heavy atom. The lowest BCUT2D eigenvalue weighted by Crippen LogP contribution is -2.47. The predicted molar refractivity (Wildman–Crippen MR) is 147 cm³/mol. The Labute approximate surface area is 220 Å². The molecule has 0 bridgehead atoms. The zero-order valence-corrected chi connectivity index (χ0v) is 22.4. The van der Waals surface area contributed by atoms with E-state index in [1.54, 1.807) is 23.9 Å². The zero-order chi connectivity index (χ0) is 25.5. The number of aromatic nitrogens is 4. The van der Waals surface area contributed by atoms with Crippen molar-refractivity contribution in [2.75, 3.05) is 39.1 Å². The van der Waals surface area contributed by atoms with Crippen molar-refractivity contribution < 1.29 is 9.53 Å². The van der Waals surface area contributed by atoms with E-state index in [0.717, 1.165) is 83.6 Å². The van der Waals surface area contributed by atoms with Crippen molar-refractivity contribution in [3.63, 3.8) is 0 Å². The van der Waals surface area contributed by atoms with E-state index < -0.39 is 0 Å². The zero-order valence-electron chi connectivity index (χ0n) is 21.6. The van der Waals surface area contributed by atoms with Gasteiger partial charge < -0.3 is 19.9 Å². The number of aryl methyl sites for hydroxylation is 1. The quantitative estimate of drug-likeness (QED) is 0.390. The molecule has 2 aliphatic rings. The summed E-state index contributed by atoms with van der Waals surface area (Å²) in [5.74, 6) is 1.90. The lowest BCUT2D eigenvalue weighted by atomic mass is 9.86. The molecule has 1 aliphatic carbocycles. The Bertz CT molecular complexity index is 1440. The van der Waals surface area contributed by atoms with Crippen molar-refractivity contribution in [3.05, 3.63) is 35.1 Å². The maximum absolute atomic E-state index is 13.4. The number of likely N-dealkylation sites (tertiary alicyclic amines) is 1. The van der Waals surface area contributed by atoms with Crippen molar-refractivity contribution in [1.82, 2.24) is 30.0 Å². The summed E-state index contributed by atoms with van der Waals surface area (Å²) in [6.07, 6.45) is 8.04. The molecule has 4 heterocycles. The Kier molecular flexibility index (Phi) is 6.46. The number of aromatic amines is 1. The maximum Gasteiger partial charge on any atom is 0.226 e. The van der Waals surface area contributed by atoms with Crippen LogP contribution in [0.2, 0.25) is 0 Å². The van der Waals surface area contributed by atoms with Gasteiger partial charge in [-0.05, 0) is 64.8 Å². The van der Waals surface area contributed by atoms with E-state index in [4.69, 9.17) is 4.74 Å². The first-order valence-electron chi connectivity index (χ1n) is 13.1. The third-order valence-electron chi connectivity index (χ3n) is 7.79. The number of ether oxygens (including phenoxy) is 1. The Morgan fingerprint density at radius 1 is 1.24 bits per heavy atom. The lowest BCUT2D eigenvalue weighted by molar-refractivity contribution is -0.137. The topological polar surface area (TPSA) is 99.3 Å². The van der Waals surface area contributed by atoms with Gasteiger partial charge in [0.15, 0.2) is 0 Å². The van der Waals surface area contributed by atoms with E-state index >= 15 is 0 Å². The summed E-state index contributed by atoms with van der Waals surface area (Å²) in [5.41, 5.74) is 3.05. The minimum Gasteiger partial charge on any atom is -0.492 e. The summed E-state index contributed by atoms with van der Waals surface area (Å²) in [5, 5.41) is 12.7. The summed E-state index contributed by atoms with van der Waals surface area (Å²) in [4.78, 5) is 29.2. The molecule has 1 amide bonds. The molecule has 1 fully saturated rings. The van der Waals surface area contributed by atoms with Crippen LogP contribution < -0.4 is 10.1 Å². The van der Waals surface area contributed by atoms with Crippen molar-refractivity contribution in [3.8, 4) is 5.75 Å². The van der Waals surface area contributed by atoms with E-state index in [1.807, 2.05) is 19.1 Å². The van der Waals surface area contributed by atoms with Crippen LogP contribution in [-0.4, -0.2) is 75.7 Å². The van der Waals surface area contributed by atoms with Crippen LogP contribution in [-0.2, 0) is 17.6 Å². The molecule has 2 N–H and O–H groups in total. The van der Waals surface area contributed by atoms with E-state index in [-0.39, 0.29) is 5.92 Å². The number of carbonyl (C=O) groups is 1. The standard InChI is InChI=1S/C27H33N7O2S/c1-4-36-22-13-20-17(14-30-32-20)11-21(22)31-25-24-19-6-5-16(12-23(19)37-26(24)29-15-28-25)27(35)34-9-7-18(8-10-34)33(2)3/h11,13-16,18H,4-10,12H2,1-3H3,(H,30,32)(H,28,29,31)/t16-/m0/s1. The molecule has 0 saturated carbocycles. The van der Waals surface area contributed by atoms with Gasteiger partial charge in [-0.2, -0.15) is 5.10 Å². The lowest BCUT2D eigenvalue weighted by Gasteiger charge is -2.37. The van der Waals surface area contributed by atoms with Crippen molar-refractivity contribution in [2.24, 2.45) is 5.92 Å². The van der Waals surface area contributed by atoms with Gasteiger partial charge in [-0.1, -0.05) is 0 Å². The average molecular weight is 520 g/mol. The molecular weight excluding hydrogens is 486 g/mol. The minimum absolute atomic E-state index is 0.0499. The number of hydrogen-bond acceptors (Lipinski definition) is 8. The van der Waals surface area contributed by atoms with Gasteiger partial charge in [0.05, 0.1) is 29.4 Å². The normalized spacial score (nSPS) is 18.5. The van der Waals surface area contributed by atoms with Gasteiger partial charge in [-0.3, -0.25) is 9.89 Å².